The molecule has 0 unspecified atom stereocenters. The van der Waals surface area contributed by atoms with Gasteiger partial charge in [0.15, 0.2) is 0 Å². The van der Waals surface area contributed by atoms with Crippen molar-refractivity contribution in [3.63, 3.8) is 0 Å². The number of nitrogens with one attached hydrogen (secondary N) is 1. The average molecular weight is 269 g/mol. The fourth-order valence-electron chi connectivity index (χ4n) is 3.55. The van der Waals surface area contributed by atoms with E-state index in [4.69, 9.17) is 5.11 Å². The number of hydrogen-bond acceptors (Lipinski definition) is 3. The Bertz CT molecular complexity index is 305. The first-order valence-electron chi connectivity index (χ1n) is 7.69. The highest BCUT2D eigenvalue weighted by Gasteiger charge is 2.36. The molecule has 0 aromatic rings. The molecule has 110 valence electrons. The summed E-state index contributed by atoms with van der Waals surface area (Å²) in [5.41, 5.74) is -0.696. The maximum atomic E-state index is 10.9. The zero-order chi connectivity index (χ0) is 13.9. The first-order chi connectivity index (χ1) is 9.00. The summed E-state index contributed by atoms with van der Waals surface area (Å²) in [5.74, 6) is -0.221. The smallest absolute Gasteiger partial charge is 0.306 e. The third kappa shape index (κ3) is 3.93. The van der Waals surface area contributed by atoms with Gasteiger partial charge in [0.2, 0.25) is 0 Å². The number of carboxylic acids is 1. The highest BCUT2D eigenvalue weighted by Crippen LogP contribution is 2.33. The van der Waals surface area contributed by atoms with Crippen LogP contribution >= 0.6 is 0 Å². The summed E-state index contributed by atoms with van der Waals surface area (Å²) in [6.07, 6.45) is 7.68. The van der Waals surface area contributed by atoms with Crippen LogP contribution in [-0.4, -0.2) is 34.4 Å². The predicted octanol–water partition coefficient (Wildman–Crippen LogP) is 2.16. The molecule has 4 heteroatoms. The van der Waals surface area contributed by atoms with Gasteiger partial charge in [-0.25, -0.2) is 0 Å². The van der Waals surface area contributed by atoms with Crippen molar-refractivity contribution < 1.29 is 15.0 Å². The molecule has 0 spiro atoms. The summed E-state index contributed by atoms with van der Waals surface area (Å²) in [5, 5.41) is 23.0. The molecule has 19 heavy (non-hydrogen) atoms. The minimum Gasteiger partial charge on any atom is -0.481 e. The lowest BCUT2D eigenvalue weighted by atomic mass is 9.78. The van der Waals surface area contributed by atoms with Crippen LogP contribution in [0.5, 0.6) is 0 Å². The van der Waals surface area contributed by atoms with Crippen LogP contribution in [0.4, 0.5) is 0 Å². The van der Waals surface area contributed by atoms with E-state index in [1.165, 1.54) is 25.7 Å². The Morgan fingerprint density at radius 1 is 1.26 bits per heavy atom. The standard InChI is InChI=1S/C15H27NO3/c1-11(12-4-2-3-5-12)16-10-15(19)8-6-13(7-9-15)14(17)18/h11-13,16,19H,2-10H2,1H3,(H,17,18)/t11-,13?,15?/m0/s1. The molecule has 0 aromatic heterocycles. The average Bonchev–Trinajstić information content (AvgIpc) is 2.90. The third-order valence-electron chi connectivity index (χ3n) is 5.13. The summed E-state index contributed by atoms with van der Waals surface area (Å²) < 4.78 is 0. The summed E-state index contributed by atoms with van der Waals surface area (Å²) >= 11 is 0. The van der Waals surface area contributed by atoms with Crippen molar-refractivity contribution in [2.75, 3.05) is 6.54 Å². The van der Waals surface area contributed by atoms with Gasteiger partial charge in [-0.15, -0.1) is 0 Å². The lowest BCUT2D eigenvalue weighted by Gasteiger charge is -2.36. The summed E-state index contributed by atoms with van der Waals surface area (Å²) in [6.45, 7) is 2.82. The van der Waals surface area contributed by atoms with E-state index in [-0.39, 0.29) is 5.92 Å². The topological polar surface area (TPSA) is 69.6 Å². The molecule has 2 saturated carbocycles. The maximum absolute atomic E-state index is 10.9. The lowest BCUT2D eigenvalue weighted by Crippen LogP contribution is -2.48. The highest BCUT2D eigenvalue weighted by atomic mass is 16.4. The molecular weight excluding hydrogens is 242 g/mol. The molecule has 2 fully saturated rings. The summed E-state index contributed by atoms with van der Waals surface area (Å²) in [4.78, 5) is 10.9. The lowest BCUT2D eigenvalue weighted by molar-refractivity contribution is -0.144. The highest BCUT2D eigenvalue weighted by molar-refractivity contribution is 5.70. The molecule has 0 heterocycles. The third-order valence-corrected chi connectivity index (χ3v) is 5.13. The van der Waals surface area contributed by atoms with Gasteiger partial charge < -0.3 is 15.5 Å². The van der Waals surface area contributed by atoms with E-state index in [9.17, 15) is 9.90 Å². The zero-order valence-electron chi connectivity index (χ0n) is 11.9. The van der Waals surface area contributed by atoms with Crippen molar-refractivity contribution in [3.05, 3.63) is 0 Å². The first-order valence-corrected chi connectivity index (χ1v) is 7.69. The van der Waals surface area contributed by atoms with E-state index < -0.39 is 11.6 Å². The molecule has 0 aliphatic heterocycles. The van der Waals surface area contributed by atoms with Gasteiger partial charge >= 0.3 is 5.97 Å². The minimum absolute atomic E-state index is 0.257. The van der Waals surface area contributed by atoms with Crippen LogP contribution in [0.2, 0.25) is 0 Å². The molecule has 2 aliphatic rings. The summed E-state index contributed by atoms with van der Waals surface area (Å²) in [6, 6.07) is 0.462. The van der Waals surface area contributed by atoms with Crippen LogP contribution < -0.4 is 5.32 Å². The normalized spacial score (nSPS) is 34.3. The van der Waals surface area contributed by atoms with E-state index in [2.05, 4.69) is 12.2 Å². The van der Waals surface area contributed by atoms with Crippen molar-refractivity contribution in [2.45, 2.75) is 69.9 Å². The molecule has 2 aliphatic carbocycles. The Morgan fingerprint density at radius 3 is 2.37 bits per heavy atom. The molecule has 4 nitrogen and oxygen atoms in total. The van der Waals surface area contributed by atoms with Crippen molar-refractivity contribution in [2.24, 2.45) is 11.8 Å². The van der Waals surface area contributed by atoms with Gasteiger partial charge in [0.25, 0.3) is 0 Å². The number of aliphatic hydroxyl groups is 1. The molecule has 0 bridgehead atoms. The zero-order valence-corrected chi connectivity index (χ0v) is 11.9. The molecule has 0 radical (unpaired) electrons. The molecule has 0 saturated heterocycles. The van der Waals surface area contributed by atoms with E-state index in [1.54, 1.807) is 0 Å². The van der Waals surface area contributed by atoms with Crippen LogP contribution in [-0.2, 0) is 4.79 Å². The quantitative estimate of drug-likeness (QED) is 0.715. The van der Waals surface area contributed by atoms with E-state index in [0.29, 0.717) is 38.3 Å². The van der Waals surface area contributed by atoms with Gasteiger partial charge in [0.1, 0.15) is 0 Å². The first kappa shape index (κ1) is 14.8. The van der Waals surface area contributed by atoms with Crippen LogP contribution in [0.1, 0.15) is 58.3 Å². The second kappa shape index (κ2) is 6.23. The summed E-state index contributed by atoms with van der Waals surface area (Å²) in [7, 11) is 0. The van der Waals surface area contributed by atoms with E-state index in [0.717, 1.165) is 5.92 Å². The van der Waals surface area contributed by atoms with Crippen molar-refractivity contribution >= 4 is 5.97 Å². The van der Waals surface area contributed by atoms with Crippen molar-refractivity contribution in [3.8, 4) is 0 Å². The molecule has 1 atom stereocenters. The van der Waals surface area contributed by atoms with Gasteiger partial charge in [-0.2, -0.15) is 0 Å². The van der Waals surface area contributed by atoms with Crippen molar-refractivity contribution in [1.82, 2.24) is 5.32 Å². The van der Waals surface area contributed by atoms with E-state index >= 15 is 0 Å². The Kier molecular flexibility index (Phi) is 4.85. The number of hydrogen-bond donors (Lipinski definition) is 3. The predicted molar refractivity (Wildman–Crippen MR) is 74.0 cm³/mol. The van der Waals surface area contributed by atoms with Gasteiger partial charge in [-0.1, -0.05) is 12.8 Å². The van der Waals surface area contributed by atoms with E-state index in [1.807, 2.05) is 0 Å². The number of rotatable bonds is 5. The molecular formula is C15H27NO3. The SMILES string of the molecule is C[C@H](NCC1(O)CCC(C(=O)O)CC1)C1CCCC1. The maximum Gasteiger partial charge on any atom is 0.306 e. The largest absolute Gasteiger partial charge is 0.481 e. The van der Waals surface area contributed by atoms with Crippen LogP contribution in [0.15, 0.2) is 0 Å². The van der Waals surface area contributed by atoms with Crippen LogP contribution in [0.3, 0.4) is 0 Å². The fourth-order valence-corrected chi connectivity index (χ4v) is 3.55. The Morgan fingerprint density at radius 2 is 1.84 bits per heavy atom. The second-order valence-electron chi connectivity index (χ2n) is 6.55. The number of carbonyl (C=O) groups is 1. The molecule has 0 amide bonds. The van der Waals surface area contributed by atoms with Gasteiger partial charge in [0.05, 0.1) is 11.5 Å². The Balaban J connectivity index is 1.74. The van der Waals surface area contributed by atoms with Crippen molar-refractivity contribution in [1.29, 1.82) is 0 Å². The fraction of sp³-hybridized carbons (Fsp3) is 0.933. The Labute approximate surface area is 115 Å². The Hall–Kier alpha value is -0.610. The molecule has 2 rings (SSSR count). The molecule has 3 N–H and O–H groups in total. The second-order valence-corrected chi connectivity index (χ2v) is 6.55. The van der Waals surface area contributed by atoms with Gasteiger partial charge in [-0.05, 0) is 51.4 Å². The van der Waals surface area contributed by atoms with Crippen LogP contribution in [0, 0.1) is 11.8 Å². The van der Waals surface area contributed by atoms with Gasteiger partial charge in [-0.3, -0.25) is 4.79 Å². The molecule has 0 aromatic carbocycles. The monoisotopic (exact) mass is 269 g/mol. The minimum atomic E-state index is -0.714. The van der Waals surface area contributed by atoms with Gasteiger partial charge in [0, 0.05) is 12.6 Å². The van der Waals surface area contributed by atoms with Crippen LogP contribution in [0.25, 0.3) is 0 Å². The number of carboxylic acid groups (broad SMARTS) is 1. The number of aliphatic carboxylic acids is 1.